The van der Waals surface area contributed by atoms with E-state index in [-0.39, 0.29) is 18.2 Å². The Labute approximate surface area is 177 Å². The topological polar surface area (TPSA) is 66.7 Å². The van der Waals surface area contributed by atoms with E-state index in [1.54, 1.807) is 20.2 Å². The maximum atomic E-state index is 13.1. The summed E-state index contributed by atoms with van der Waals surface area (Å²) in [7, 11) is 4.65. The lowest BCUT2D eigenvalue weighted by Gasteiger charge is -2.22. The molecule has 0 saturated carbocycles. The SMILES string of the molecule is CN=C(NCc1cn(C)nc1C(F)(F)F)NC1CCN(c2cc(Cl)ccc2OC)C1. The molecule has 30 heavy (non-hydrogen) atoms. The molecule has 1 unspecified atom stereocenters. The number of methoxy groups -OCH3 is 1. The van der Waals surface area contributed by atoms with Crippen LogP contribution in [0.25, 0.3) is 0 Å². The fourth-order valence-electron chi connectivity index (χ4n) is 3.48. The lowest BCUT2D eigenvalue weighted by molar-refractivity contribution is -0.142. The van der Waals surface area contributed by atoms with Crippen LogP contribution in [0.3, 0.4) is 0 Å². The number of benzene rings is 1. The first-order valence-electron chi connectivity index (χ1n) is 9.36. The van der Waals surface area contributed by atoms with Crippen molar-refractivity contribution >= 4 is 23.2 Å². The molecule has 1 aromatic carbocycles. The molecule has 7 nitrogen and oxygen atoms in total. The summed E-state index contributed by atoms with van der Waals surface area (Å²) in [4.78, 5) is 6.28. The quantitative estimate of drug-likeness (QED) is 0.548. The Morgan fingerprint density at radius 1 is 1.40 bits per heavy atom. The van der Waals surface area contributed by atoms with Crippen LogP contribution in [0.1, 0.15) is 17.7 Å². The zero-order chi connectivity index (χ0) is 21.9. The molecule has 11 heteroatoms. The minimum atomic E-state index is -4.50. The summed E-state index contributed by atoms with van der Waals surface area (Å²) in [5.41, 5.74) is 0.0696. The molecule has 0 bridgehead atoms. The summed E-state index contributed by atoms with van der Waals surface area (Å²) in [5.74, 6) is 1.16. The molecule has 2 heterocycles. The molecule has 1 aliphatic rings. The standard InChI is InChI=1S/C19H24ClF3N6O/c1-24-18(25-9-12-10-28(2)27-17(12)19(21,22)23)26-14-6-7-29(11-14)15-8-13(20)4-5-16(15)30-3/h4-5,8,10,14H,6-7,9,11H2,1-3H3,(H2,24,25,26). The zero-order valence-electron chi connectivity index (χ0n) is 16.9. The van der Waals surface area contributed by atoms with E-state index < -0.39 is 11.9 Å². The monoisotopic (exact) mass is 444 g/mol. The number of ether oxygens (including phenoxy) is 1. The van der Waals surface area contributed by atoms with Crippen molar-refractivity contribution < 1.29 is 17.9 Å². The van der Waals surface area contributed by atoms with E-state index >= 15 is 0 Å². The van der Waals surface area contributed by atoms with Gasteiger partial charge in [0.05, 0.1) is 12.8 Å². The van der Waals surface area contributed by atoms with Crippen LogP contribution in [0.4, 0.5) is 18.9 Å². The highest BCUT2D eigenvalue weighted by Gasteiger charge is 2.36. The second-order valence-electron chi connectivity index (χ2n) is 6.99. The van der Waals surface area contributed by atoms with Gasteiger partial charge in [0.15, 0.2) is 11.7 Å². The molecule has 2 aromatic rings. The fourth-order valence-corrected chi connectivity index (χ4v) is 3.65. The number of aliphatic imine (C=N–C) groups is 1. The first-order chi connectivity index (χ1) is 14.2. The number of anilines is 1. The number of rotatable bonds is 5. The summed E-state index contributed by atoms with van der Waals surface area (Å²) in [6.07, 6.45) is -2.32. The van der Waals surface area contributed by atoms with Gasteiger partial charge in [-0.3, -0.25) is 9.67 Å². The smallest absolute Gasteiger partial charge is 0.435 e. The Bertz CT molecular complexity index is 914. The highest BCUT2D eigenvalue weighted by atomic mass is 35.5. The molecule has 0 aliphatic carbocycles. The van der Waals surface area contributed by atoms with Gasteiger partial charge in [-0.2, -0.15) is 18.3 Å². The van der Waals surface area contributed by atoms with Crippen molar-refractivity contribution in [3.8, 4) is 5.75 Å². The summed E-state index contributed by atoms with van der Waals surface area (Å²) in [6.45, 7) is 1.42. The van der Waals surface area contributed by atoms with Gasteiger partial charge < -0.3 is 20.3 Å². The highest BCUT2D eigenvalue weighted by molar-refractivity contribution is 6.30. The molecule has 164 valence electrons. The molecule has 0 radical (unpaired) electrons. The Balaban J connectivity index is 1.61. The maximum absolute atomic E-state index is 13.1. The van der Waals surface area contributed by atoms with E-state index in [2.05, 4.69) is 25.6 Å². The fraction of sp³-hybridized carbons (Fsp3) is 0.474. The van der Waals surface area contributed by atoms with Gasteiger partial charge >= 0.3 is 6.18 Å². The molecule has 1 aromatic heterocycles. The van der Waals surface area contributed by atoms with E-state index in [0.29, 0.717) is 17.5 Å². The van der Waals surface area contributed by atoms with Gasteiger partial charge in [-0.1, -0.05) is 11.6 Å². The Morgan fingerprint density at radius 2 is 2.17 bits per heavy atom. The number of aryl methyl sites for hydroxylation is 1. The Morgan fingerprint density at radius 3 is 2.83 bits per heavy atom. The number of hydrogen-bond acceptors (Lipinski definition) is 4. The van der Waals surface area contributed by atoms with Crippen LogP contribution in [0.15, 0.2) is 29.4 Å². The third-order valence-corrected chi connectivity index (χ3v) is 5.09. The van der Waals surface area contributed by atoms with Gasteiger partial charge in [-0.05, 0) is 24.6 Å². The number of aromatic nitrogens is 2. The van der Waals surface area contributed by atoms with Crippen LogP contribution in [-0.2, 0) is 19.8 Å². The number of guanidine groups is 1. The van der Waals surface area contributed by atoms with Crippen molar-refractivity contribution in [2.45, 2.75) is 25.2 Å². The normalized spacial score (nSPS) is 17.4. The van der Waals surface area contributed by atoms with Crippen molar-refractivity contribution in [3.05, 3.63) is 40.7 Å². The van der Waals surface area contributed by atoms with Crippen LogP contribution < -0.4 is 20.3 Å². The maximum Gasteiger partial charge on any atom is 0.435 e. The molecule has 0 spiro atoms. The average molecular weight is 445 g/mol. The van der Waals surface area contributed by atoms with Gasteiger partial charge in [-0.15, -0.1) is 0 Å². The van der Waals surface area contributed by atoms with Crippen LogP contribution >= 0.6 is 11.6 Å². The molecular weight excluding hydrogens is 421 g/mol. The Hall–Kier alpha value is -2.62. The second kappa shape index (κ2) is 9.03. The van der Waals surface area contributed by atoms with E-state index in [4.69, 9.17) is 16.3 Å². The highest BCUT2D eigenvalue weighted by Crippen LogP contribution is 2.33. The summed E-state index contributed by atoms with van der Waals surface area (Å²) in [6, 6.07) is 5.52. The summed E-state index contributed by atoms with van der Waals surface area (Å²) < 4.78 is 45.9. The molecule has 0 amide bonds. The largest absolute Gasteiger partial charge is 0.495 e. The molecule has 1 fully saturated rings. The molecular formula is C19H24ClF3N6O. The van der Waals surface area contributed by atoms with E-state index in [9.17, 15) is 13.2 Å². The number of hydrogen-bond donors (Lipinski definition) is 2. The van der Waals surface area contributed by atoms with Gasteiger partial charge in [0.2, 0.25) is 0 Å². The molecule has 2 N–H and O–H groups in total. The molecule has 1 aliphatic heterocycles. The minimum Gasteiger partial charge on any atom is -0.495 e. The minimum absolute atomic E-state index is 0.0408. The van der Waals surface area contributed by atoms with E-state index in [1.165, 1.54) is 13.2 Å². The van der Waals surface area contributed by atoms with Crippen LogP contribution in [-0.4, -0.2) is 49.0 Å². The van der Waals surface area contributed by atoms with E-state index in [1.807, 2.05) is 12.1 Å². The van der Waals surface area contributed by atoms with Crippen LogP contribution in [0.2, 0.25) is 5.02 Å². The van der Waals surface area contributed by atoms with Gasteiger partial charge in [0.1, 0.15) is 5.75 Å². The van der Waals surface area contributed by atoms with Crippen molar-refractivity contribution in [1.29, 1.82) is 0 Å². The molecule has 1 atom stereocenters. The van der Waals surface area contributed by atoms with Crippen LogP contribution in [0, 0.1) is 0 Å². The van der Waals surface area contributed by atoms with Crippen molar-refractivity contribution in [2.75, 3.05) is 32.1 Å². The van der Waals surface area contributed by atoms with Crippen LogP contribution in [0.5, 0.6) is 5.75 Å². The lowest BCUT2D eigenvalue weighted by atomic mass is 10.2. The van der Waals surface area contributed by atoms with Gasteiger partial charge in [-0.25, -0.2) is 0 Å². The molecule has 3 rings (SSSR count). The number of alkyl halides is 3. The first kappa shape index (κ1) is 22.1. The zero-order valence-corrected chi connectivity index (χ0v) is 17.7. The predicted molar refractivity (Wildman–Crippen MR) is 110 cm³/mol. The third-order valence-electron chi connectivity index (χ3n) is 4.85. The summed E-state index contributed by atoms with van der Waals surface area (Å²) in [5, 5.41) is 10.4. The van der Waals surface area contributed by atoms with Gasteiger partial charge in [0.25, 0.3) is 0 Å². The lowest BCUT2D eigenvalue weighted by Crippen LogP contribution is -2.44. The number of nitrogens with zero attached hydrogens (tertiary/aromatic N) is 4. The second-order valence-corrected chi connectivity index (χ2v) is 7.43. The summed E-state index contributed by atoms with van der Waals surface area (Å²) >= 11 is 6.13. The Kier molecular flexibility index (Phi) is 6.64. The number of nitrogens with one attached hydrogen (secondary N) is 2. The molecule has 1 saturated heterocycles. The predicted octanol–water partition coefficient (Wildman–Crippen LogP) is 3.04. The van der Waals surface area contributed by atoms with Crippen molar-refractivity contribution in [1.82, 2.24) is 20.4 Å². The first-order valence-corrected chi connectivity index (χ1v) is 9.74. The van der Waals surface area contributed by atoms with Crippen molar-refractivity contribution in [2.24, 2.45) is 12.0 Å². The third kappa shape index (κ3) is 5.10. The average Bonchev–Trinajstić information content (AvgIpc) is 3.31. The van der Waals surface area contributed by atoms with E-state index in [0.717, 1.165) is 29.1 Å². The number of halogens is 4. The van der Waals surface area contributed by atoms with Gasteiger partial charge in [0, 0.05) is 56.6 Å². The van der Waals surface area contributed by atoms with Crippen molar-refractivity contribution in [3.63, 3.8) is 0 Å².